The predicted molar refractivity (Wildman–Crippen MR) is 56.0 cm³/mol. The van der Waals surface area contributed by atoms with Gasteiger partial charge in [-0.2, -0.15) is 10.5 Å². The molecule has 8 heteroatoms. The molecular formula is C11H5F4N3O. The number of allylic oxidation sites excluding steroid dienone is 1. The highest BCUT2D eigenvalue weighted by Crippen LogP contribution is 2.26. The summed E-state index contributed by atoms with van der Waals surface area (Å²) in [6.07, 6.45) is -3.97. The Balaban J connectivity index is 2.88. The third-order valence-corrected chi connectivity index (χ3v) is 1.79. The molecule has 1 N–H and O–H groups in total. The minimum Gasteiger partial charge on any atom is -0.406 e. The Morgan fingerprint density at radius 3 is 2.37 bits per heavy atom. The van der Waals surface area contributed by atoms with Gasteiger partial charge in [-0.15, -0.1) is 13.2 Å². The molecule has 0 aliphatic heterocycles. The third-order valence-electron chi connectivity index (χ3n) is 1.79. The Morgan fingerprint density at radius 2 is 1.89 bits per heavy atom. The van der Waals surface area contributed by atoms with Gasteiger partial charge in [-0.25, -0.2) is 4.39 Å². The minimum atomic E-state index is -4.91. The standard InChI is InChI=1S/C11H5F4N3O/c12-9-3-8(19-11(13,14)15)1-2-10(9)18-6-7(4-16)5-17/h1-3,6,18H. The number of hydrogen-bond acceptors (Lipinski definition) is 4. The number of benzene rings is 1. The summed E-state index contributed by atoms with van der Waals surface area (Å²) in [4.78, 5) is 0. The molecule has 0 radical (unpaired) electrons. The zero-order valence-corrected chi connectivity index (χ0v) is 9.12. The summed E-state index contributed by atoms with van der Waals surface area (Å²) >= 11 is 0. The maximum Gasteiger partial charge on any atom is 0.573 e. The lowest BCUT2D eigenvalue weighted by Gasteiger charge is -2.10. The second-order valence-electron chi connectivity index (χ2n) is 3.12. The van der Waals surface area contributed by atoms with Gasteiger partial charge in [0.05, 0.1) is 5.69 Å². The van der Waals surface area contributed by atoms with Gasteiger partial charge in [0.15, 0.2) is 0 Å². The first-order valence-corrected chi connectivity index (χ1v) is 4.68. The number of halogens is 4. The number of nitrogens with one attached hydrogen (secondary N) is 1. The number of alkyl halides is 3. The number of nitriles is 2. The van der Waals surface area contributed by atoms with E-state index in [9.17, 15) is 17.6 Å². The molecule has 0 unspecified atom stereocenters. The molecule has 0 saturated carbocycles. The van der Waals surface area contributed by atoms with Gasteiger partial charge in [0.1, 0.15) is 29.3 Å². The van der Waals surface area contributed by atoms with Gasteiger partial charge in [0.25, 0.3) is 0 Å². The van der Waals surface area contributed by atoms with Crippen molar-refractivity contribution in [1.29, 1.82) is 10.5 Å². The Hall–Kier alpha value is -2.74. The van der Waals surface area contributed by atoms with E-state index >= 15 is 0 Å². The van der Waals surface area contributed by atoms with Crippen LogP contribution in [0.2, 0.25) is 0 Å². The van der Waals surface area contributed by atoms with Crippen LogP contribution in [0.25, 0.3) is 0 Å². The molecule has 1 aromatic carbocycles. The number of ether oxygens (including phenoxy) is 1. The molecule has 0 fully saturated rings. The van der Waals surface area contributed by atoms with Crippen LogP contribution in [0, 0.1) is 28.5 Å². The number of rotatable bonds is 3. The van der Waals surface area contributed by atoms with Gasteiger partial charge in [-0.3, -0.25) is 0 Å². The van der Waals surface area contributed by atoms with Crippen molar-refractivity contribution in [2.24, 2.45) is 0 Å². The third kappa shape index (κ3) is 4.56. The van der Waals surface area contributed by atoms with Crippen LogP contribution in [0.4, 0.5) is 23.2 Å². The second-order valence-corrected chi connectivity index (χ2v) is 3.12. The first-order chi connectivity index (χ1) is 8.85. The largest absolute Gasteiger partial charge is 0.573 e. The van der Waals surface area contributed by atoms with E-state index in [-0.39, 0.29) is 11.3 Å². The van der Waals surface area contributed by atoms with E-state index in [4.69, 9.17) is 10.5 Å². The highest BCUT2D eigenvalue weighted by molar-refractivity contribution is 5.52. The van der Waals surface area contributed by atoms with Gasteiger partial charge in [0.2, 0.25) is 0 Å². The molecule has 0 spiro atoms. The van der Waals surface area contributed by atoms with E-state index in [1.165, 1.54) is 12.1 Å². The van der Waals surface area contributed by atoms with Crippen molar-refractivity contribution in [3.63, 3.8) is 0 Å². The number of nitrogens with zero attached hydrogens (tertiary/aromatic N) is 2. The van der Waals surface area contributed by atoms with E-state index in [0.717, 1.165) is 18.3 Å². The molecule has 1 aromatic rings. The second kappa shape index (κ2) is 5.74. The van der Waals surface area contributed by atoms with Crippen molar-refractivity contribution in [2.45, 2.75) is 6.36 Å². The Labute approximate surface area is 105 Å². The van der Waals surface area contributed by atoms with Crippen molar-refractivity contribution < 1.29 is 22.3 Å². The van der Waals surface area contributed by atoms with E-state index in [2.05, 4.69) is 10.1 Å². The van der Waals surface area contributed by atoms with Gasteiger partial charge in [0, 0.05) is 12.3 Å². The molecule has 98 valence electrons. The summed E-state index contributed by atoms with van der Waals surface area (Å²) in [5.41, 5.74) is -0.507. The average Bonchev–Trinajstić information content (AvgIpc) is 2.30. The predicted octanol–water partition coefficient (Wildman–Crippen LogP) is 3.07. The molecule has 19 heavy (non-hydrogen) atoms. The topological polar surface area (TPSA) is 68.8 Å². The van der Waals surface area contributed by atoms with E-state index < -0.39 is 17.9 Å². The molecule has 1 rings (SSSR count). The van der Waals surface area contributed by atoms with Crippen molar-refractivity contribution >= 4 is 5.69 Å². The van der Waals surface area contributed by atoms with Gasteiger partial charge in [-0.1, -0.05) is 0 Å². The quantitative estimate of drug-likeness (QED) is 0.677. The van der Waals surface area contributed by atoms with Crippen LogP contribution in [-0.2, 0) is 0 Å². The average molecular weight is 271 g/mol. The van der Waals surface area contributed by atoms with Crippen molar-refractivity contribution in [1.82, 2.24) is 0 Å². The zero-order valence-electron chi connectivity index (χ0n) is 9.12. The molecule has 0 aromatic heterocycles. The molecule has 0 aliphatic rings. The van der Waals surface area contributed by atoms with E-state index in [0.29, 0.717) is 6.07 Å². The summed E-state index contributed by atoms with van der Waals surface area (Å²) in [5.74, 6) is -1.73. The van der Waals surface area contributed by atoms with Gasteiger partial charge < -0.3 is 10.1 Å². The minimum absolute atomic E-state index is 0.197. The highest BCUT2D eigenvalue weighted by Gasteiger charge is 2.31. The highest BCUT2D eigenvalue weighted by atomic mass is 19.4. The molecular weight excluding hydrogens is 266 g/mol. The number of hydrogen-bond donors (Lipinski definition) is 1. The Bertz CT molecular complexity index is 565. The molecule has 0 saturated heterocycles. The Morgan fingerprint density at radius 1 is 1.26 bits per heavy atom. The van der Waals surface area contributed by atoms with E-state index in [1.807, 2.05) is 0 Å². The molecule has 0 amide bonds. The normalized spacial score (nSPS) is 10.0. The fourth-order valence-corrected chi connectivity index (χ4v) is 1.05. The van der Waals surface area contributed by atoms with Crippen LogP contribution >= 0.6 is 0 Å². The van der Waals surface area contributed by atoms with Crippen molar-refractivity contribution in [2.75, 3.05) is 5.32 Å². The van der Waals surface area contributed by atoms with Gasteiger partial charge in [-0.05, 0) is 12.1 Å². The maximum absolute atomic E-state index is 13.4. The molecule has 0 heterocycles. The smallest absolute Gasteiger partial charge is 0.406 e. The summed E-state index contributed by atoms with van der Waals surface area (Å²) in [6, 6.07) is 5.46. The fourth-order valence-electron chi connectivity index (χ4n) is 1.05. The summed E-state index contributed by atoms with van der Waals surface area (Å²) in [7, 11) is 0. The maximum atomic E-state index is 13.4. The van der Waals surface area contributed by atoms with Crippen molar-refractivity contribution in [3.05, 3.63) is 35.8 Å². The molecule has 4 nitrogen and oxygen atoms in total. The molecule has 0 aliphatic carbocycles. The van der Waals surface area contributed by atoms with Crippen LogP contribution in [0.15, 0.2) is 30.0 Å². The first kappa shape index (κ1) is 14.3. The number of anilines is 1. The SMILES string of the molecule is N#CC(C#N)=CNc1ccc(OC(F)(F)F)cc1F. The first-order valence-electron chi connectivity index (χ1n) is 4.68. The van der Waals surface area contributed by atoms with Crippen LogP contribution in [-0.4, -0.2) is 6.36 Å². The van der Waals surface area contributed by atoms with Crippen molar-refractivity contribution in [3.8, 4) is 17.9 Å². The van der Waals surface area contributed by atoms with Crippen LogP contribution < -0.4 is 10.1 Å². The van der Waals surface area contributed by atoms with Crippen LogP contribution in [0.1, 0.15) is 0 Å². The molecule has 0 atom stereocenters. The molecule has 0 bridgehead atoms. The fraction of sp³-hybridized carbons (Fsp3) is 0.0909. The lowest BCUT2D eigenvalue weighted by atomic mass is 10.3. The van der Waals surface area contributed by atoms with Crippen LogP contribution in [0.5, 0.6) is 5.75 Å². The van der Waals surface area contributed by atoms with Gasteiger partial charge >= 0.3 is 6.36 Å². The Kier molecular flexibility index (Phi) is 4.32. The van der Waals surface area contributed by atoms with E-state index in [1.54, 1.807) is 0 Å². The monoisotopic (exact) mass is 271 g/mol. The summed E-state index contributed by atoms with van der Waals surface area (Å²) in [6.45, 7) is 0. The summed E-state index contributed by atoms with van der Waals surface area (Å²) in [5, 5.41) is 19.1. The zero-order chi connectivity index (χ0) is 14.5. The summed E-state index contributed by atoms with van der Waals surface area (Å²) < 4.78 is 52.5. The lowest BCUT2D eigenvalue weighted by Crippen LogP contribution is -2.17. The van der Waals surface area contributed by atoms with Crippen LogP contribution in [0.3, 0.4) is 0 Å². The lowest BCUT2D eigenvalue weighted by molar-refractivity contribution is -0.274.